The zero-order valence-corrected chi connectivity index (χ0v) is 16.6. The van der Waals surface area contributed by atoms with Gasteiger partial charge in [0.2, 0.25) is 0 Å². The summed E-state index contributed by atoms with van der Waals surface area (Å²) in [4.78, 5) is 14.1. The van der Waals surface area contributed by atoms with Gasteiger partial charge in [-0.3, -0.25) is 4.98 Å². The molecule has 30 heavy (non-hydrogen) atoms. The topological polar surface area (TPSA) is 78.5 Å². The van der Waals surface area contributed by atoms with Gasteiger partial charge in [-0.25, -0.2) is 4.98 Å². The lowest BCUT2D eigenvalue weighted by Crippen LogP contribution is -2.46. The fourth-order valence-corrected chi connectivity index (χ4v) is 3.90. The number of anilines is 3. The molecule has 3 aromatic carbocycles. The standard InChI is InChI=1S/C24H23N5O/c25-19-2-1-3-20(15-19)28-10-12-29(13-11-28)24-16-26-22-9-6-18(14-23(22)27-24)17-4-7-21(30)8-5-17/h1-9,14-16,30H,10-13,25H2. The number of nitrogen functional groups attached to an aromatic ring is 1. The molecule has 0 spiro atoms. The lowest BCUT2D eigenvalue weighted by atomic mass is 10.0. The van der Waals surface area contributed by atoms with Crippen LogP contribution in [0.2, 0.25) is 0 Å². The van der Waals surface area contributed by atoms with E-state index < -0.39 is 0 Å². The summed E-state index contributed by atoms with van der Waals surface area (Å²) in [6, 6.07) is 21.3. The Morgan fingerprint density at radius 3 is 2.27 bits per heavy atom. The summed E-state index contributed by atoms with van der Waals surface area (Å²) in [5.74, 6) is 1.16. The van der Waals surface area contributed by atoms with Gasteiger partial charge >= 0.3 is 0 Å². The number of piperazine rings is 1. The molecule has 1 fully saturated rings. The molecular weight excluding hydrogens is 374 g/mol. The number of benzene rings is 3. The third kappa shape index (κ3) is 3.59. The van der Waals surface area contributed by atoms with Gasteiger partial charge in [-0.2, -0.15) is 0 Å². The van der Waals surface area contributed by atoms with Gasteiger partial charge in [0, 0.05) is 37.6 Å². The van der Waals surface area contributed by atoms with Crippen molar-refractivity contribution >= 4 is 28.2 Å². The number of hydrogen-bond donors (Lipinski definition) is 2. The predicted molar refractivity (Wildman–Crippen MR) is 122 cm³/mol. The molecule has 0 aliphatic carbocycles. The molecule has 1 aromatic heterocycles. The van der Waals surface area contributed by atoms with Crippen LogP contribution in [0, 0.1) is 0 Å². The highest BCUT2D eigenvalue weighted by Gasteiger charge is 2.19. The summed E-state index contributed by atoms with van der Waals surface area (Å²) in [7, 11) is 0. The molecule has 1 aliphatic rings. The summed E-state index contributed by atoms with van der Waals surface area (Å²) in [6.45, 7) is 3.59. The minimum absolute atomic E-state index is 0.263. The third-order valence-corrected chi connectivity index (χ3v) is 5.57. The van der Waals surface area contributed by atoms with Crippen LogP contribution in [0.5, 0.6) is 5.75 Å². The van der Waals surface area contributed by atoms with Crippen LogP contribution in [0.4, 0.5) is 17.2 Å². The second kappa shape index (κ2) is 7.55. The van der Waals surface area contributed by atoms with E-state index in [0.717, 1.165) is 65.5 Å². The van der Waals surface area contributed by atoms with E-state index in [0.29, 0.717) is 0 Å². The van der Waals surface area contributed by atoms with Crippen LogP contribution in [0.25, 0.3) is 22.2 Å². The first-order valence-corrected chi connectivity index (χ1v) is 10.1. The summed E-state index contributed by atoms with van der Waals surface area (Å²) < 4.78 is 0. The number of aromatic hydroxyl groups is 1. The number of hydrogen-bond acceptors (Lipinski definition) is 6. The zero-order valence-electron chi connectivity index (χ0n) is 16.6. The second-order valence-electron chi connectivity index (χ2n) is 7.55. The predicted octanol–water partition coefficient (Wildman–Crippen LogP) is 3.91. The van der Waals surface area contributed by atoms with Crippen molar-refractivity contribution in [3.63, 3.8) is 0 Å². The highest BCUT2D eigenvalue weighted by molar-refractivity contribution is 5.82. The molecule has 3 N–H and O–H groups in total. The van der Waals surface area contributed by atoms with Gasteiger partial charge in [-0.1, -0.05) is 24.3 Å². The molecule has 2 heterocycles. The van der Waals surface area contributed by atoms with Crippen LogP contribution >= 0.6 is 0 Å². The van der Waals surface area contributed by atoms with Crippen LogP contribution in [0.1, 0.15) is 0 Å². The Morgan fingerprint density at radius 1 is 0.767 bits per heavy atom. The normalized spacial score (nSPS) is 14.3. The van der Waals surface area contributed by atoms with Crippen LogP contribution in [-0.4, -0.2) is 41.3 Å². The molecule has 0 radical (unpaired) electrons. The average Bonchev–Trinajstić information content (AvgIpc) is 2.79. The van der Waals surface area contributed by atoms with Gasteiger partial charge in [0.25, 0.3) is 0 Å². The van der Waals surface area contributed by atoms with Gasteiger partial charge in [0.1, 0.15) is 11.6 Å². The molecule has 0 amide bonds. The maximum Gasteiger partial charge on any atom is 0.147 e. The number of fused-ring (bicyclic) bond motifs is 1. The molecule has 6 heteroatoms. The van der Waals surface area contributed by atoms with E-state index in [1.807, 2.05) is 48.7 Å². The van der Waals surface area contributed by atoms with Gasteiger partial charge in [0.15, 0.2) is 0 Å². The van der Waals surface area contributed by atoms with E-state index in [1.165, 1.54) is 0 Å². The van der Waals surface area contributed by atoms with E-state index in [9.17, 15) is 5.11 Å². The number of nitrogens with zero attached hydrogens (tertiary/aromatic N) is 4. The maximum absolute atomic E-state index is 9.52. The van der Waals surface area contributed by atoms with Crippen LogP contribution < -0.4 is 15.5 Å². The Kier molecular flexibility index (Phi) is 4.59. The number of phenols is 1. The van der Waals surface area contributed by atoms with Crippen LogP contribution in [0.15, 0.2) is 72.9 Å². The molecule has 5 rings (SSSR count). The van der Waals surface area contributed by atoms with E-state index in [4.69, 9.17) is 10.7 Å². The number of nitrogens with two attached hydrogens (primary N) is 1. The lowest BCUT2D eigenvalue weighted by molar-refractivity contribution is 0.475. The molecule has 1 saturated heterocycles. The Labute approximate surface area is 175 Å². The monoisotopic (exact) mass is 397 g/mol. The van der Waals surface area contributed by atoms with E-state index >= 15 is 0 Å². The van der Waals surface area contributed by atoms with Crippen molar-refractivity contribution < 1.29 is 5.11 Å². The molecule has 4 aromatic rings. The summed E-state index contributed by atoms with van der Waals surface area (Å²) in [5.41, 5.74) is 11.7. The molecule has 0 unspecified atom stereocenters. The van der Waals surface area contributed by atoms with Gasteiger partial charge in [0.05, 0.1) is 17.2 Å². The van der Waals surface area contributed by atoms with Gasteiger partial charge in [-0.15, -0.1) is 0 Å². The summed E-state index contributed by atoms with van der Waals surface area (Å²) in [6.07, 6.45) is 1.86. The molecule has 0 atom stereocenters. The molecule has 0 bridgehead atoms. The number of rotatable bonds is 3. The van der Waals surface area contributed by atoms with Crippen molar-refractivity contribution in [1.82, 2.24) is 9.97 Å². The lowest BCUT2D eigenvalue weighted by Gasteiger charge is -2.36. The van der Waals surface area contributed by atoms with Crippen molar-refractivity contribution in [2.45, 2.75) is 0 Å². The van der Waals surface area contributed by atoms with Crippen LogP contribution in [0.3, 0.4) is 0 Å². The van der Waals surface area contributed by atoms with Crippen molar-refractivity contribution in [3.05, 3.63) is 72.9 Å². The van der Waals surface area contributed by atoms with Crippen molar-refractivity contribution in [3.8, 4) is 16.9 Å². The smallest absolute Gasteiger partial charge is 0.147 e. The molecular formula is C24H23N5O. The summed E-state index contributed by atoms with van der Waals surface area (Å²) >= 11 is 0. The number of aromatic nitrogens is 2. The quantitative estimate of drug-likeness (QED) is 0.510. The largest absolute Gasteiger partial charge is 0.508 e. The molecule has 0 saturated carbocycles. The molecule has 6 nitrogen and oxygen atoms in total. The Balaban J connectivity index is 1.36. The maximum atomic E-state index is 9.52. The molecule has 150 valence electrons. The highest BCUT2D eigenvalue weighted by atomic mass is 16.3. The summed E-state index contributed by atoms with van der Waals surface area (Å²) in [5, 5.41) is 9.52. The fraction of sp³-hybridized carbons (Fsp3) is 0.167. The average molecular weight is 397 g/mol. The van der Waals surface area contributed by atoms with Crippen molar-refractivity contribution in [1.29, 1.82) is 0 Å². The highest BCUT2D eigenvalue weighted by Crippen LogP contribution is 2.26. The number of phenolic OH excluding ortho intramolecular Hbond substituents is 1. The van der Waals surface area contributed by atoms with Crippen molar-refractivity contribution in [2.75, 3.05) is 41.7 Å². The molecule has 1 aliphatic heterocycles. The fourth-order valence-electron chi connectivity index (χ4n) is 3.90. The third-order valence-electron chi connectivity index (χ3n) is 5.57. The second-order valence-corrected chi connectivity index (χ2v) is 7.55. The Bertz CT molecular complexity index is 1180. The van der Waals surface area contributed by atoms with E-state index in [2.05, 4.69) is 26.9 Å². The van der Waals surface area contributed by atoms with E-state index in [-0.39, 0.29) is 5.75 Å². The van der Waals surface area contributed by atoms with Crippen LogP contribution in [-0.2, 0) is 0 Å². The zero-order chi connectivity index (χ0) is 20.5. The first-order chi connectivity index (χ1) is 14.7. The Morgan fingerprint density at radius 2 is 1.50 bits per heavy atom. The van der Waals surface area contributed by atoms with Crippen molar-refractivity contribution in [2.24, 2.45) is 0 Å². The van der Waals surface area contributed by atoms with Gasteiger partial charge < -0.3 is 20.6 Å². The first kappa shape index (κ1) is 18.2. The first-order valence-electron chi connectivity index (χ1n) is 10.1. The SMILES string of the molecule is Nc1cccc(N2CCN(c3cnc4ccc(-c5ccc(O)cc5)cc4n3)CC2)c1. The van der Waals surface area contributed by atoms with E-state index in [1.54, 1.807) is 12.1 Å². The minimum atomic E-state index is 0.263. The minimum Gasteiger partial charge on any atom is -0.508 e. The van der Waals surface area contributed by atoms with Gasteiger partial charge in [-0.05, 0) is 53.6 Å². The Hall–Kier alpha value is -3.80.